The first kappa shape index (κ1) is 16.8. The number of primary amides is 1. The molecular formula is C18H24N2O4. The van der Waals surface area contributed by atoms with Crippen LogP contribution in [0.3, 0.4) is 0 Å². The number of ether oxygens (including phenoxy) is 1. The number of hydrogen-bond donors (Lipinski definition) is 2. The number of likely N-dealkylation sites (tertiary alicyclic amines) is 1. The maximum atomic E-state index is 12.5. The SMILES string of the molecule is CC1(C)C[C@]2(CO)CN(C(=O)COc3ccccc3C(N)=O)C[C@H]12. The zero-order valence-corrected chi connectivity index (χ0v) is 14.1. The van der Waals surface area contributed by atoms with Crippen LogP contribution in [0.4, 0.5) is 0 Å². The number of hydrogen-bond acceptors (Lipinski definition) is 4. The Hall–Kier alpha value is -2.08. The summed E-state index contributed by atoms with van der Waals surface area (Å²) in [6.07, 6.45) is 0.927. The van der Waals surface area contributed by atoms with E-state index in [1.807, 2.05) is 0 Å². The lowest BCUT2D eigenvalue weighted by Gasteiger charge is -2.55. The number of aliphatic hydroxyl groups excluding tert-OH is 1. The Morgan fingerprint density at radius 3 is 2.67 bits per heavy atom. The molecule has 0 spiro atoms. The molecule has 3 N–H and O–H groups in total. The van der Waals surface area contributed by atoms with Crippen molar-refractivity contribution in [1.82, 2.24) is 4.90 Å². The molecule has 1 heterocycles. The minimum Gasteiger partial charge on any atom is -0.483 e. The molecule has 3 rings (SSSR count). The van der Waals surface area contributed by atoms with E-state index in [0.29, 0.717) is 24.8 Å². The van der Waals surface area contributed by atoms with Crippen molar-refractivity contribution in [2.24, 2.45) is 22.5 Å². The van der Waals surface area contributed by atoms with Crippen molar-refractivity contribution < 1.29 is 19.4 Å². The van der Waals surface area contributed by atoms with E-state index in [4.69, 9.17) is 10.5 Å². The molecule has 6 nitrogen and oxygen atoms in total. The topological polar surface area (TPSA) is 92.9 Å². The number of nitrogens with zero attached hydrogens (tertiary/aromatic N) is 1. The predicted octanol–water partition coefficient (Wildman–Crippen LogP) is 1.03. The molecule has 0 radical (unpaired) electrons. The summed E-state index contributed by atoms with van der Waals surface area (Å²) in [4.78, 5) is 25.6. The first-order chi connectivity index (χ1) is 11.3. The molecule has 0 bridgehead atoms. The molecule has 2 fully saturated rings. The molecule has 0 unspecified atom stereocenters. The van der Waals surface area contributed by atoms with Gasteiger partial charge in [0.25, 0.3) is 11.8 Å². The molecule has 1 aromatic rings. The number of amides is 2. The number of rotatable bonds is 5. The highest BCUT2D eigenvalue weighted by Crippen LogP contribution is 2.62. The highest BCUT2D eigenvalue weighted by molar-refractivity contribution is 5.95. The van der Waals surface area contributed by atoms with Crippen molar-refractivity contribution in [3.63, 3.8) is 0 Å². The normalized spacial score (nSPS) is 27.3. The lowest BCUT2D eigenvalue weighted by atomic mass is 9.48. The Morgan fingerprint density at radius 2 is 2.08 bits per heavy atom. The summed E-state index contributed by atoms with van der Waals surface area (Å²) >= 11 is 0. The summed E-state index contributed by atoms with van der Waals surface area (Å²) in [7, 11) is 0. The van der Waals surface area contributed by atoms with Crippen molar-refractivity contribution in [2.45, 2.75) is 20.3 Å². The zero-order valence-electron chi connectivity index (χ0n) is 14.1. The fourth-order valence-electron chi connectivity index (χ4n) is 4.56. The van der Waals surface area contributed by atoms with Crippen LogP contribution in [0.1, 0.15) is 30.6 Å². The summed E-state index contributed by atoms with van der Waals surface area (Å²) in [5, 5.41) is 9.76. The van der Waals surface area contributed by atoms with E-state index in [9.17, 15) is 14.7 Å². The van der Waals surface area contributed by atoms with E-state index < -0.39 is 5.91 Å². The molecular weight excluding hydrogens is 308 g/mol. The van der Waals surface area contributed by atoms with Crippen LogP contribution in [0.2, 0.25) is 0 Å². The second kappa shape index (κ2) is 5.77. The van der Waals surface area contributed by atoms with Gasteiger partial charge < -0.3 is 20.5 Å². The van der Waals surface area contributed by atoms with Gasteiger partial charge in [0.05, 0.1) is 12.2 Å². The number of aliphatic hydroxyl groups is 1. The third-order valence-corrected chi connectivity index (χ3v) is 5.57. The predicted molar refractivity (Wildman–Crippen MR) is 88.4 cm³/mol. The number of fused-ring (bicyclic) bond motifs is 1. The first-order valence-corrected chi connectivity index (χ1v) is 8.19. The number of para-hydroxylation sites is 1. The van der Waals surface area contributed by atoms with Gasteiger partial charge in [0.1, 0.15) is 5.75 Å². The van der Waals surface area contributed by atoms with E-state index >= 15 is 0 Å². The van der Waals surface area contributed by atoms with E-state index in [-0.39, 0.29) is 35.5 Å². The van der Waals surface area contributed by atoms with Gasteiger partial charge in [0.2, 0.25) is 0 Å². The van der Waals surface area contributed by atoms with Crippen molar-refractivity contribution in [3.05, 3.63) is 29.8 Å². The van der Waals surface area contributed by atoms with Crippen LogP contribution in [-0.2, 0) is 4.79 Å². The Kier molecular flexibility index (Phi) is 4.03. The molecule has 1 aliphatic heterocycles. The Morgan fingerprint density at radius 1 is 1.38 bits per heavy atom. The van der Waals surface area contributed by atoms with E-state index in [1.165, 1.54) is 0 Å². The summed E-state index contributed by atoms with van der Waals surface area (Å²) in [5.41, 5.74) is 5.56. The van der Waals surface area contributed by atoms with Crippen LogP contribution in [0.25, 0.3) is 0 Å². The van der Waals surface area contributed by atoms with Crippen LogP contribution < -0.4 is 10.5 Å². The van der Waals surface area contributed by atoms with Crippen LogP contribution in [0.5, 0.6) is 5.75 Å². The summed E-state index contributed by atoms with van der Waals surface area (Å²) < 4.78 is 5.53. The standard InChI is InChI=1S/C18H24N2O4/c1-17(2)9-18(11-21)10-20(7-14(17)18)15(22)8-24-13-6-4-3-5-12(13)16(19)23/h3-6,14,21H,7-11H2,1-2H3,(H2,19,23)/t14-,18-/m1/s1. The van der Waals surface area contributed by atoms with Crippen molar-refractivity contribution in [3.8, 4) is 5.75 Å². The zero-order chi connectivity index (χ0) is 17.5. The fraction of sp³-hybridized carbons (Fsp3) is 0.556. The van der Waals surface area contributed by atoms with Gasteiger partial charge in [-0.15, -0.1) is 0 Å². The minimum absolute atomic E-state index is 0.107. The number of benzene rings is 1. The minimum atomic E-state index is -0.585. The van der Waals surface area contributed by atoms with Gasteiger partial charge in [-0.05, 0) is 29.9 Å². The maximum absolute atomic E-state index is 12.5. The summed E-state index contributed by atoms with van der Waals surface area (Å²) in [6, 6.07) is 6.62. The Bertz CT molecular complexity index is 673. The quantitative estimate of drug-likeness (QED) is 0.842. The van der Waals surface area contributed by atoms with Gasteiger partial charge in [-0.2, -0.15) is 0 Å². The second-order valence-corrected chi connectivity index (χ2v) is 7.66. The largest absolute Gasteiger partial charge is 0.483 e. The lowest BCUT2D eigenvalue weighted by Crippen LogP contribution is -2.54. The maximum Gasteiger partial charge on any atom is 0.260 e. The fourth-order valence-corrected chi connectivity index (χ4v) is 4.56. The molecule has 1 aromatic carbocycles. The monoisotopic (exact) mass is 332 g/mol. The van der Waals surface area contributed by atoms with Gasteiger partial charge in [-0.3, -0.25) is 9.59 Å². The summed E-state index contributed by atoms with van der Waals surface area (Å²) in [5.74, 6) is -0.0832. The van der Waals surface area contributed by atoms with Crippen LogP contribution in [0.15, 0.2) is 24.3 Å². The molecule has 0 aromatic heterocycles. The van der Waals surface area contributed by atoms with Gasteiger partial charge in [0.15, 0.2) is 6.61 Å². The molecule has 1 saturated heterocycles. The molecule has 2 atom stereocenters. The molecule has 6 heteroatoms. The molecule has 1 saturated carbocycles. The molecule has 2 aliphatic rings. The van der Waals surface area contributed by atoms with Crippen molar-refractivity contribution in [1.29, 1.82) is 0 Å². The molecule has 130 valence electrons. The number of carbonyl (C=O) groups is 2. The smallest absolute Gasteiger partial charge is 0.260 e. The molecule has 2 amide bonds. The van der Waals surface area contributed by atoms with Crippen molar-refractivity contribution in [2.75, 3.05) is 26.3 Å². The highest BCUT2D eigenvalue weighted by Gasteiger charge is 2.63. The van der Waals surface area contributed by atoms with Gasteiger partial charge in [-0.25, -0.2) is 0 Å². The number of carbonyl (C=O) groups excluding carboxylic acids is 2. The Labute approximate surface area is 141 Å². The highest BCUT2D eigenvalue weighted by atomic mass is 16.5. The van der Waals surface area contributed by atoms with E-state index in [2.05, 4.69) is 13.8 Å². The van der Waals surface area contributed by atoms with Gasteiger partial charge in [-0.1, -0.05) is 26.0 Å². The second-order valence-electron chi connectivity index (χ2n) is 7.66. The average Bonchev–Trinajstić information content (AvgIpc) is 2.88. The molecule has 1 aliphatic carbocycles. The number of nitrogens with two attached hydrogens (primary N) is 1. The van der Waals surface area contributed by atoms with Crippen LogP contribution in [-0.4, -0.2) is 48.1 Å². The average molecular weight is 332 g/mol. The van der Waals surface area contributed by atoms with Crippen LogP contribution in [0, 0.1) is 16.7 Å². The van der Waals surface area contributed by atoms with Gasteiger partial charge in [0, 0.05) is 18.5 Å². The van der Waals surface area contributed by atoms with Crippen LogP contribution >= 0.6 is 0 Å². The lowest BCUT2D eigenvalue weighted by molar-refractivity contribution is -0.132. The van der Waals surface area contributed by atoms with E-state index in [0.717, 1.165) is 6.42 Å². The molecule has 24 heavy (non-hydrogen) atoms. The first-order valence-electron chi connectivity index (χ1n) is 8.19. The Balaban J connectivity index is 1.64. The third-order valence-electron chi connectivity index (χ3n) is 5.57. The van der Waals surface area contributed by atoms with Gasteiger partial charge >= 0.3 is 0 Å². The van der Waals surface area contributed by atoms with E-state index in [1.54, 1.807) is 29.2 Å². The summed E-state index contributed by atoms with van der Waals surface area (Å²) in [6.45, 7) is 5.54. The third kappa shape index (κ3) is 2.65. The van der Waals surface area contributed by atoms with Crippen molar-refractivity contribution >= 4 is 11.8 Å².